The molecule has 0 saturated heterocycles. The molecule has 64 valence electrons. The zero-order chi connectivity index (χ0) is 8.91. The summed E-state index contributed by atoms with van der Waals surface area (Å²) < 4.78 is 0. The van der Waals surface area contributed by atoms with E-state index in [1.165, 1.54) is 0 Å². The number of aliphatic imine (C=N–C) groups is 1. The summed E-state index contributed by atoms with van der Waals surface area (Å²) in [6, 6.07) is 2.56. The van der Waals surface area contributed by atoms with Crippen molar-refractivity contribution in [2.45, 2.75) is 32.7 Å². The van der Waals surface area contributed by atoms with E-state index in [2.05, 4.69) is 36.9 Å². The summed E-state index contributed by atoms with van der Waals surface area (Å²) in [5, 5.41) is 5.88. The van der Waals surface area contributed by atoms with Crippen LogP contribution in [0.25, 0.3) is 0 Å². The van der Waals surface area contributed by atoms with Crippen molar-refractivity contribution in [2.75, 3.05) is 14.1 Å². The molecule has 0 aliphatic carbocycles. The van der Waals surface area contributed by atoms with E-state index in [9.17, 15) is 0 Å². The summed E-state index contributed by atoms with van der Waals surface area (Å²) >= 11 is 0. The van der Waals surface area contributed by atoms with Crippen molar-refractivity contribution in [1.82, 2.24) is 5.01 Å². The smallest absolute Gasteiger partial charge is 0.114 e. The molecule has 0 spiro atoms. The van der Waals surface area contributed by atoms with Gasteiger partial charge >= 0.3 is 0 Å². The molecule has 0 heterocycles. The number of nitrogens with zero attached hydrogens (tertiary/aromatic N) is 3. The molecule has 0 aromatic rings. The topological polar surface area (TPSA) is 28.0 Å². The molecule has 0 aromatic heterocycles. The van der Waals surface area contributed by atoms with Gasteiger partial charge in [0.2, 0.25) is 0 Å². The van der Waals surface area contributed by atoms with Gasteiger partial charge in [0.25, 0.3) is 0 Å². The second-order valence-corrected chi connectivity index (χ2v) is 3.11. The van der Waals surface area contributed by atoms with Crippen LogP contribution >= 0.6 is 0 Å². The first-order valence-electron chi connectivity index (χ1n) is 3.83. The van der Waals surface area contributed by atoms with Gasteiger partial charge in [-0.3, -0.25) is 5.01 Å². The van der Waals surface area contributed by atoms with Gasteiger partial charge in [0.15, 0.2) is 0 Å². The second-order valence-electron chi connectivity index (χ2n) is 3.11. The van der Waals surface area contributed by atoms with E-state index >= 15 is 0 Å². The van der Waals surface area contributed by atoms with E-state index < -0.39 is 0 Å². The van der Waals surface area contributed by atoms with E-state index in [-0.39, 0.29) is 5.54 Å². The van der Waals surface area contributed by atoms with Crippen LogP contribution in [0, 0.1) is 0 Å². The minimum absolute atomic E-state index is 0.0949. The van der Waals surface area contributed by atoms with Crippen LogP contribution in [-0.4, -0.2) is 30.7 Å². The Hall–Kier alpha value is -0.820. The molecule has 0 unspecified atom stereocenters. The Morgan fingerprint density at radius 1 is 1.45 bits per heavy atom. The monoisotopic (exact) mass is 155 g/mol. The minimum Gasteiger partial charge on any atom is -0.285 e. The maximum absolute atomic E-state index is 4.00. The Bertz CT molecular complexity index is 166. The molecular weight excluding hydrogens is 138 g/mol. The molecule has 0 atom stereocenters. The van der Waals surface area contributed by atoms with Crippen molar-refractivity contribution < 1.29 is 0 Å². The highest BCUT2D eigenvalue weighted by molar-refractivity contribution is 5.40. The first-order chi connectivity index (χ1) is 5.04. The Balaban J connectivity index is 4.23. The van der Waals surface area contributed by atoms with E-state index in [0.29, 0.717) is 0 Å². The second kappa shape index (κ2) is 4.14. The summed E-state index contributed by atoms with van der Waals surface area (Å²) in [6.07, 6.45) is 1.05. The molecule has 0 aliphatic heterocycles. The van der Waals surface area contributed by atoms with E-state index in [4.69, 9.17) is 0 Å². The molecule has 0 saturated carbocycles. The molecule has 3 heteroatoms. The van der Waals surface area contributed by atoms with Crippen molar-refractivity contribution in [3.8, 4) is 0 Å². The minimum atomic E-state index is 0.0949. The number of rotatable bonds is 3. The zero-order valence-corrected chi connectivity index (χ0v) is 8.05. The molecule has 11 heavy (non-hydrogen) atoms. The van der Waals surface area contributed by atoms with Crippen molar-refractivity contribution in [2.24, 2.45) is 10.1 Å². The Morgan fingerprint density at radius 3 is 2.36 bits per heavy atom. The van der Waals surface area contributed by atoms with Crippen molar-refractivity contribution in [1.29, 1.82) is 0 Å². The lowest BCUT2D eigenvalue weighted by atomic mass is 10.0. The predicted molar refractivity (Wildman–Crippen MR) is 47.9 cm³/mol. The summed E-state index contributed by atoms with van der Waals surface area (Å²) in [5.41, 5.74) is 0.0949. The standard InChI is InChI=1S/C8H17N3/c1-6-8(2,3)11(5)10-7-9-4/h6H2,1-5H3. The fraction of sp³-hybridized carbons (Fsp3) is 0.875. The Labute approximate surface area is 68.8 Å². The highest BCUT2D eigenvalue weighted by Crippen LogP contribution is 2.15. The number of hydrogen-bond acceptors (Lipinski definition) is 3. The summed E-state index contributed by atoms with van der Waals surface area (Å²) in [6.45, 7) is 6.40. The fourth-order valence-corrected chi connectivity index (χ4v) is 0.476. The van der Waals surface area contributed by atoms with Crippen LogP contribution in [0.15, 0.2) is 10.1 Å². The quantitative estimate of drug-likeness (QED) is 0.451. The third-order valence-corrected chi connectivity index (χ3v) is 2.04. The van der Waals surface area contributed by atoms with E-state index in [1.54, 1.807) is 7.05 Å². The molecule has 3 nitrogen and oxygen atoms in total. The third-order valence-electron chi connectivity index (χ3n) is 2.04. The molecule has 0 N–H and O–H groups in total. The van der Waals surface area contributed by atoms with Gasteiger partial charge in [0.05, 0.1) is 5.54 Å². The van der Waals surface area contributed by atoms with Gasteiger partial charge in [-0.15, -0.1) is 5.10 Å². The maximum Gasteiger partial charge on any atom is 0.114 e. The van der Waals surface area contributed by atoms with Gasteiger partial charge in [-0.2, -0.15) is 0 Å². The van der Waals surface area contributed by atoms with Gasteiger partial charge in [-0.05, 0) is 20.3 Å². The number of hydrazone groups is 1. The molecule has 0 amide bonds. The molecule has 0 aliphatic rings. The lowest BCUT2D eigenvalue weighted by molar-refractivity contribution is 0.159. The van der Waals surface area contributed by atoms with Crippen LogP contribution in [0.5, 0.6) is 0 Å². The average Bonchev–Trinajstić information content (AvgIpc) is 2.00. The zero-order valence-electron chi connectivity index (χ0n) is 8.05. The van der Waals surface area contributed by atoms with Crippen LogP contribution < -0.4 is 0 Å². The molecular formula is C8H17N3. The van der Waals surface area contributed by atoms with Gasteiger partial charge in [0.1, 0.15) is 6.01 Å². The first-order valence-corrected chi connectivity index (χ1v) is 3.83. The molecule has 0 bridgehead atoms. The maximum atomic E-state index is 4.00. The largest absolute Gasteiger partial charge is 0.285 e. The van der Waals surface area contributed by atoms with Crippen LogP contribution in [0.2, 0.25) is 0 Å². The molecule has 0 aromatic carbocycles. The summed E-state index contributed by atoms with van der Waals surface area (Å²) in [7, 11) is 3.60. The highest BCUT2D eigenvalue weighted by Gasteiger charge is 2.19. The van der Waals surface area contributed by atoms with E-state index in [0.717, 1.165) is 6.42 Å². The molecule has 0 fully saturated rings. The predicted octanol–water partition coefficient (Wildman–Crippen LogP) is 1.83. The third kappa shape index (κ3) is 3.19. The van der Waals surface area contributed by atoms with Gasteiger partial charge in [0, 0.05) is 14.1 Å². The average molecular weight is 155 g/mol. The van der Waals surface area contributed by atoms with Gasteiger partial charge in [-0.25, -0.2) is 4.99 Å². The van der Waals surface area contributed by atoms with Crippen LogP contribution in [0.4, 0.5) is 0 Å². The Morgan fingerprint density at radius 2 is 2.00 bits per heavy atom. The van der Waals surface area contributed by atoms with Crippen LogP contribution in [0.3, 0.4) is 0 Å². The van der Waals surface area contributed by atoms with Gasteiger partial charge < -0.3 is 0 Å². The van der Waals surface area contributed by atoms with Crippen molar-refractivity contribution in [3.63, 3.8) is 0 Å². The summed E-state index contributed by atoms with van der Waals surface area (Å²) in [4.78, 5) is 3.67. The van der Waals surface area contributed by atoms with Crippen molar-refractivity contribution >= 4 is 6.01 Å². The molecule has 0 radical (unpaired) electrons. The lowest BCUT2D eigenvalue weighted by Gasteiger charge is -2.30. The first kappa shape index (κ1) is 10.2. The van der Waals surface area contributed by atoms with Crippen molar-refractivity contribution in [3.05, 3.63) is 0 Å². The number of hydrogen-bond donors (Lipinski definition) is 0. The lowest BCUT2D eigenvalue weighted by Crippen LogP contribution is -2.36. The van der Waals surface area contributed by atoms with Crippen LogP contribution in [0.1, 0.15) is 27.2 Å². The van der Waals surface area contributed by atoms with Crippen LogP contribution in [-0.2, 0) is 0 Å². The van der Waals surface area contributed by atoms with Gasteiger partial charge in [-0.1, -0.05) is 6.92 Å². The summed E-state index contributed by atoms with van der Waals surface area (Å²) in [5.74, 6) is 0. The fourth-order valence-electron chi connectivity index (χ4n) is 0.476. The SMILES string of the molecule is CCC(C)(C)N(C)N=C=NC. The normalized spacial score (nSPS) is 10.3. The Kier molecular flexibility index (Phi) is 3.83. The van der Waals surface area contributed by atoms with E-state index in [1.807, 2.05) is 12.1 Å². The highest BCUT2D eigenvalue weighted by atomic mass is 15.5. The molecule has 0 rings (SSSR count).